The summed E-state index contributed by atoms with van der Waals surface area (Å²) in [5.41, 5.74) is 1.31. The van der Waals surface area contributed by atoms with E-state index in [9.17, 15) is 14.4 Å². The van der Waals surface area contributed by atoms with Crippen LogP contribution in [0.5, 0.6) is 0 Å². The minimum absolute atomic E-state index is 0.0722. The molecule has 1 atom stereocenters. The molecule has 2 aromatic rings. The number of H-pyrrole nitrogens is 1. The number of anilines is 1. The summed E-state index contributed by atoms with van der Waals surface area (Å²) in [6, 6.07) is 7.23. The van der Waals surface area contributed by atoms with Gasteiger partial charge in [-0.05, 0) is 37.1 Å². The molecule has 24 heavy (non-hydrogen) atoms. The lowest BCUT2D eigenvalue weighted by Gasteiger charge is -2.15. The Morgan fingerprint density at radius 1 is 1.25 bits per heavy atom. The number of hydrogen-bond donors (Lipinski definition) is 2. The first-order valence-corrected chi connectivity index (χ1v) is 7.87. The molecule has 0 spiro atoms. The summed E-state index contributed by atoms with van der Waals surface area (Å²) < 4.78 is 4.46. The van der Waals surface area contributed by atoms with E-state index in [1.165, 1.54) is 0 Å². The van der Waals surface area contributed by atoms with Crippen LogP contribution in [0, 0.1) is 5.92 Å². The van der Waals surface area contributed by atoms with Gasteiger partial charge in [-0.2, -0.15) is 0 Å². The molecule has 0 radical (unpaired) electrons. The molecule has 8 nitrogen and oxygen atoms in total. The quantitative estimate of drug-likeness (QED) is 0.869. The minimum Gasteiger partial charge on any atom is -0.339 e. The van der Waals surface area contributed by atoms with Crippen LogP contribution in [0.3, 0.4) is 0 Å². The van der Waals surface area contributed by atoms with Gasteiger partial charge in [0.1, 0.15) is 0 Å². The lowest BCUT2D eigenvalue weighted by atomic mass is 10.1. The standard InChI is InChI=1S/C16H16N4O4/c21-13-7-10(8-20(13)12-5-6-12)15(22)17-11-3-1-9(2-4-11)14-18-16(23)24-19-14/h1-4,10,12H,5-8H2,(H,17,22)(H,18,19,23). The van der Waals surface area contributed by atoms with E-state index in [4.69, 9.17) is 0 Å². The first-order valence-electron chi connectivity index (χ1n) is 7.87. The van der Waals surface area contributed by atoms with E-state index in [0.717, 1.165) is 12.8 Å². The van der Waals surface area contributed by atoms with Crippen LogP contribution in [0.4, 0.5) is 5.69 Å². The first kappa shape index (κ1) is 14.7. The predicted molar refractivity (Wildman–Crippen MR) is 84.0 cm³/mol. The SMILES string of the molecule is O=C(Nc1ccc(-c2noc(=O)[nH]2)cc1)C1CC(=O)N(C2CC2)C1. The van der Waals surface area contributed by atoms with E-state index < -0.39 is 5.76 Å². The number of nitrogens with zero attached hydrogens (tertiary/aromatic N) is 2. The van der Waals surface area contributed by atoms with Crippen molar-refractivity contribution in [3.05, 3.63) is 34.8 Å². The van der Waals surface area contributed by atoms with Crippen molar-refractivity contribution in [2.75, 3.05) is 11.9 Å². The lowest BCUT2D eigenvalue weighted by molar-refractivity contribution is -0.128. The fourth-order valence-corrected chi connectivity index (χ4v) is 2.96. The number of nitrogens with one attached hydrogen (secondary N) is 2. The van der Waals surface area contributed by atoms with Crippen molar-refractivity contribution >= 4 is 17.5 Å². The van der Waals surface area contributed by atoms with E-state index >= 15 is 0 Å². The predicted octanol–water partition coefficient (Wildman–Crippen LogP) is 0.979. The lowest BCUT2D eigenvalue weighted by Crippen LogP contribution is -2.29. The van der Waals surface area contributed by atoms with Gasteiger partial charge in [0.2, 0.25) is 11.8 Å². The summed E-state index contributed by atoms with van der Waals surface area (Å²) in [4.78, 5) is 39.5. The second kappa shape index (κ2) is 5.63. The number of hydrogen-bond acceptors (Lipinski definition) is 5. The molecule has 2 fully saturated rings. The molecule has 8 heteroatoms. The van der Waals surface area contributed by atoms with Crippen LogP contribution in [0.15, 0.2) is 33.6 Å². The maximum absolute atomic E-state index is 12.3. The van der Waals surface area contributed by atoms with Gasteiger partial charge >= 0.3 is 5.76 Å². The highest BCUT2D eigenvalue weighted by molar-refractivity contribution is 5.97. The van der Waals surface area contributed by atoms with Crippen LogP contribution >= 0.6 is 0 Å². The minimum atomic E-state index is -0.617. The Bertz CT molecular complexity index is 834. The third kappa shape index (κ3) is 2.82. The fraction of sp³-hybridized carbons (Fsp3) is 0.375. The van der Waals surface area contributed by atoms with Crippen molar-refractivity contribution in [3.8, 4) is 11.4 Å². The van der Waals surface area contributed by atoms with Crippen molar-refractivity contribution in [2.45, 2.75) is 25.3 Å². The van der Waals surface area contributed by atoms with Gasteiger partial charge in [0, 0.05) is 30.3 Å². The summed E-state index contributed by atoms with van der Waals surface area (Å²) >= 11 is 0. The maximum Gasteiger partial charge on any atom is 0.439 e. The molecular weight excluding hydrogens is 312 g/mol. The number of aromatic nitrogens is 2. The Kier molecular flexibility index (Phi) is 3.44. The van der Waals surface area contributed by atoms with Crippen molar-refractivity contribution in [3.63, 3.8) is 0 Å². The molecule has 2 amide bonds. The topological polar surface area (TPSA) is 108 Å². The van der Waals surface area contributed by atoms with E-state index in [0.29, 0.717) is 29.7 Å². The monoisotopic (exact) mass is 328 g/mol. The zero-order valence-corrected chi connectivity index (χ0v) is 12.8. The van der Waals surface area contributed by atoms with Gasteiger partial charge in [-0.1, -0.05) is 5.16 Å². The summed E-state index contributed by atoms with van der Waals surface area (Å²) in [6.45, 7) is 0.508. The normalized spacial score (nSPS) is 20.4. The Balaban J connectivity index is 1.41. The van der Waals surface area contributed by atoms with E-state index in [2.05, 4.69) is 20.0 Å². The number of carbonyl (C=O) groups is 2. The second-order valence-electron chi connectivity index (χ2n) is 6.19. The number of carbonyl (C=O) groups excluding carboxylic acids is 2. The Morgan fingerprint density at radius 2 is 2.00 bits per heavy atom. The number of aromatic amines is 1. The molecule has 2 heterocycles. The average molecular weight is 328 g/mol. The molecule has 2 aliphatic rings. The van der Waals surface area contributed by atoms with Crippen LogP contribution in [0.25, 0.3) is 11.4 Å². The second-order valence-corrected chi connectivity index (χ2v) is 6.19. The molecule has 1 aliphatic heterocycles. The number of amides is 2. The van der Waals surface area contributed by atoms with Gasteiger partial charge in [-0.3, -0.25) is 19.1 Å². The molecule has 124 valence electrons. The highest BCUT2D eigenvalue weighted by Gasteiger charge is 2.41. The van der Waals surface area contributed by atoms with Gasteiger partial charge < -0.3 is 10.2 Å². The zero-order valence-electron chi connectivity index (χ0n) is 12.8. The van der Waals surface area contributed by atoms with Gasteiger partial charge in [0.05, 0.1) is 5.92 Å². The molecule has 1 saturated carbocycles. The molecule has 1 saturated heterocycles. The highest BCUT2D eigenvalue weighted by Crippen LogP contribution is 2.33. The number of likely N-dealkylation sites (tertiary alicyclic amines) is 1. The van der Waals surface area contributed by atoms with Crippen molar-refractivity contribution in [1.82, 2.24) is 15.0 Å². The molecule has 1 unspecified atom stereocenters. The summed E-state index contributed by atoms with van der Waals surface area (Å²) in [7, 11) is 0. The van der Waals surface area contributed by atoms with E-state index in [-0.39, 0.29) is 24.2 Å². The zero-order chi connectivity index (χ0) is 16.7. The smallest absolute Gasteiger partial charge is 0.339 e. The molecule has 1 aliphatic carbocycles. The maximum atomic E-state index is 12.3. The average Bonchev–Trinajstić information content (AvgIpc) is 3.20. The molecule has 4 rings (SSSR count). The molecular formula is C16H16N4O4. The fourth-order valence-electron chi connectivity index (χ4n) is 2.96. The van der Waals surface area contributed by atoms with Crippen molar-refractivity contribution < 1.29 is 14.1 Å². The molecule has 0 bridgehead atoms. The summed E-state index contributed by atoms with van der Waals surface area (Å²) in [5, 5.41) is 6.44. The van der Waals surface area contributed by atoms with E-state index in [1.807, 2.05) is 4.90 Å². The van der Waals surface area contributed by atoms with Crippen molar-refractivity contribution in [2.24, 2.45) is 5.92 Å². The van der Waals surface area contributed by atoms with Crippen LogP contribution in [-0.2, 0) is 9.59 Å². The Hall–Kier alpha value is -2.90. The van der Waals surface area contributed by atoms with Crippen molar-refractivity contribution in [1.29, 1.82) is 0 Å². The van der Waals surface area contributed by atoms with Gasteiger partial charge in [-0.25, -0.2) is 4.79 Å². The number of benzene rings is 1. The third-order valence-corrected chi connectivity index (χ3v) is 4.38. The van der Waals surface area contributed by atoms with E-state index in [1.54, 1.807) is 24.3 Å². The van der Waals surface area contributed by atoms with Crippen LogP contribution in [-0.4, -0.2) is 39.4 Å². The van der Waals surface area contributed by atoms with Gasteiger partial charge in [0.15, 0.2) is 5.82 Å². The van der Waals surface area contributed by atoms with Gasteiger partial charge in [0.25, 0.3) is 0 Å². The molecule has 1 aromatic carbocycles. The number of rotatable bonds is 4. The van der Waals surface area contributed by atoms with Crippen LogP contribution in [0.2, 0.25) is 0 Å². The Morgan fingerprint density at radius 3 is 2.62 bits per heavy atom. The highest BCUT2D eigenvalue weighted by atomic mass is 16.5. The molecule has 2 N–H and O–H groups in total. The van der Waals surface area contributed by atoms with Gasteiger partial charge in [-0.15, -0.1) is 0 Å². The summed E-state index contributed by atoms with van der Waals surface area (Å²) in [6.07, 6.45) is 2.37. The largest absolute Gasteiger partial charge is 0.439 e. The third-order valence-electron chi connectivity index (χ3n) is 4.38. The van der Waals surface area contributed by atoms with Crippen LogP contribution < -0.4 is 11.1 Å². The van der Waals surface area contributed by atoms with Crippen LogP contribution in [0.1, 0.15) is 19.3 Å². The Labute approximate surface area is 136 Å². The first-order chi connectivity index (χ1) is 11.6. The summed E-state index contributed by atoms with van der Waals surface area (Å²) in [5.74, 6) is -0.658. The molecule has 1 aromatic heterocycles.